The van der Waals surface area contributed by atoms with E-state index in [2.05, 4.69) is 5.32 Å². The Hall–Kier alpha value is -4.22. The molecule has 0 bridgehead atoms. The number of rotatable bonds is 13. The number of halogens is 1. The number of hydrogen-bond donors (Lipinski definition) is 1. The van der Waals surface area contributed by atoms with Gasteiger partial charge in [-0.05, 0) is 47.0 Å². The zero-order chi connectivity index (χ0) is 32.4. The van der Waals surface area contributed by atoms with E-state index in [0.717, 1.165) is 16.7 Å². The normalized spacial score (nSPS) is 14.3. The van der Waals surface area contributed by atoms with E-state index in [1.54, 1.807) is 6.07 Å². The summed E-state index contributed by atoms with van der Waals surface area (Å²) in [6.07, 6.45) is 0.280. The first-order chi connectivity index (χ1) is 22.3. The molecule has 0 saturated carbocycles. The van der Waals surface area contributed by atoms with Crippen LogP contribution in [0.3, 0.4) is 0 Å². The van der Waals surface area contributed by atoms with E-state index in [1.165, 1.54) is 33.5 Å². The first kappa shape index (κ1) is 33.2. The molecule has 4 aromatic carbocycles. The summed E-state index contributed by atoms with van der Waals surface area (Å²) in [6.45, 7) is 1.32. The van der Waals surface area contributed by atoms with Crippen LogP contribution < -0.4 is 10.1 Å². The second kappa shape index (κ2) is 15.9. The van der Waals surface area contributed by atoms with Crippen molar-refractivity contribution < 1.29 is 27.5 Å². The Kier molecular flexibility index (Phi) is 11.4. The number of nitrogens with zero attached hydrogens (tertiary/aromatic N) is 2. The number of amides is 2. The van der Waals surface area contributed by atoms with E-state index in [4.69, 9.17) is 21.1 Å². The van der Waals surface area contributed by atoms with Gasteiger partial charge in [0.25, 0.3) is 5.91 Å². The zero-order valence-electron chi connectivity index (χ0n) is 25.3. The van der Waals surface area contributed by atoms with Gasteiger partial charge in [-0.25, -0.2) is 8.42 Å². The van der Waals surface area contributed by atoms with Gasteiger partial charge >= 0.3 is 0 Å². The van der Waals surface area contributed by atoms with Crippen molar-refractivity contribution in [2.45, 2.75) is 30.4 Å². The van der Waals surface area contributed by atoms with Gasteiger partial charge in [-0.3, -0.25) is 9.59 Å². The average molecular weight is 662 g/mol. The number of morpholine rings is 1. The smallest absolute Gasteiger partial charge is 0.261 e. The van der Waals surface area contributed by atoms with Crippen LogP contribution in [0.15, 0.2) is 114 Å². The maximum atomic E-state index is 13.9. The van der Waals surface area contributed by atoms with Crippen molar-refractivity contribution >= 4 is 33.4 Å². The molecule has 0 unspecified atom stereocenters. The van der Waals surface area contributed by atoms with E-state index < -0.39 is 22.0 Å². The van der Waals surface area contributed by atoms with E-state index in [-0.39, 0.29) is 36.9 Å². The third-order valence-electron chi connectivity index (χ3n) is 7.67. The summed E-state index contributed by atoms with van der Waals surface area (Å²) >= 11 is 6.34. The van der Waals surface area contributed by atoms with Crippen LogP contribution in [0.2, 0.25) is 5.02 Å². The monoisotopic (exact) mass is 661 g/mol. The average Bonchev–Trinajstić information content (AvgIpc) is 3.09. The molecule has 1 fully saturated rings. The lowest BCUT2D eigenvalue weighted by Gasteiger charge is -2.31. The van der Waals surface area contributed by atoms with E-state index in [1.807, 2.05) is 78.9 Å². The van der Waals surface area contributed by atoms with E-state index in [9.17, 15) is 18.0 Å². The molecule has 240 valence electrons. The Balaban J connectivity index is 1.35. The van der Waals surface area contributed by atoms with Gasteiger partial charge in [0.2, 0.25) is 15.9 Å². The molecule has 4 aromatic rings. The van der Waals surface area contributed by atoms with Gasteiger partial charge in [0.15, 0.2) is 6.61 Å². The summed E-state index contributed by atoms with van der Waals surface area (Å²) in [7, 11) is -3.67. The Labute approximate surface area is 274 Å². The summed E-state index contributed by atoms with van der Waals surface area (Å²) < 4.78 is 38.5. The maximum absolute atomic E-state index is 13.9. The van der Waals surface area contributed by atoms with Crippen molar-refractivity contribution in [3.8, 4) is 5.75 Å². The van der Waals surface area contributed by atoms with Crippen LogP contribution in [-0.2, 0) is 43.9 Å². The van der Waals surface area contributed by atoms with E-state index in [0.29, 0.717) is 37.1 Å². The molecule has 0 spiro atoms. The Morgan fingerprint density at radius 1 is 0.848 bits per heavy atom. The highest BCUT2D eigenvalue weighted by atomic mass is 35.5. The lowest BCUT2D eigenvalue weighted by Crippen LogP contribution is -2.51. The molecular weight excluding hydrogens is 626 g/mol. The molecule has 5 rings (SSSR count). The van der Waals surface area contributed by atoms with E-state index >= 15 is 0 Å². The second-order valence-electron chi connectivity index (χ2n) is 10.8. The third-order valence-corrected chi connectivity index (χ3v) is 9.95. The first-order valence-corrected chi connectivity index (χ1v) is 16.8. The first-order valence-electron chi connectivity index (χ1n) is 15.0. The molecule has 1 saturated heterocycles. The Morgan fingerprint density at radius 3 is 2.11 bits per heavy atom. The lowest BCUT2D eigenvalue weighted by molar-refractivity contribution is -0.142. The van der Waals surface area contributed by atoms with Crippen molar-refractivity contribution in [2.75, 3.05) is 32.9 Å². The summed E-state index contributed by atoms with van der Waals surface area (Å²) in [5.74, 6) is -0.398. The standard InChI is InChI=1S/C35H36ClN3O6S/c36-32-14-8-7-13-29(32)24-37-35(41)33(23-27-9-3-1-4-10-27)39(25-28-11-5-2-6-12-28)34(40)26-45-30-15-17-31(18-16-30)46(42,43)38-19-21-44-22-20-38/h1-18,33H,19-26H2,(H,37,41)/t33-/m1/s1. The van der Waals surface area contributed by atoms with Crippen molar-refractivity contribution in [3.05, 3.63) is 131 Å². The predicted octanol–water partition coefficient (Wildman–Crippen LogP) is 4.70. The number of hydrogen-bond acceptors (Lipinski definition) is 6. The van der Waals surface area contributed by atoms with Crippen LogP contribution in [0, 0.1) is 0 Å². The van der Waals surface area contributed by atoms with Gasteiger partial charge in [0.1, 0.15) is 11.8 Å². The molecule has 0 radical (unpaired) electrons. The molecule has 1 atom stereocenters. The SMILES string of the molecule is O=C(NCc1ccccc1Cl)[C@@H](Cc1ccccc1)N(Cc1ccccc1)C(=O)COc1ccc(S(=O)(=O)N2CCOCC2)cc1. The topological polar surface area (TPSA) is 105 Å². The van der Waals surface area contributed by atoms with Crippen LogP contribution in [0.4, 0.5) is 0 Å². The fourth-order valence-corrected chi connectivity index (χ4v) is 6.76. The minimum Gasteiger partial charge on any atom is -0.484 e. The number of nitrogens with one attached hydrogen (secondary N) is 1. The molecule has 11 heteroatoms. The van der Waals surface area contributed by atoms with Crippen LogP contribution in [0.5, 0.6) is 5.75 Å². The predicted molar refractivity (Wildman–Crippen MR) is 176 cm³/mol. The van der Waals surface area contributed by atoms with Crippen molar-refractivity contribution in [2.24, 2.45) is 0 Å². The van der Waals surface area contributed by atoms with Crippen LogP contribution in [0.25, 0.3) is 0 Å². The molecule has 1 heterocycles. The van der Waals surface area contributed by atoms with Gasteiger partial charge in [-0.2, -0.15) is 4.31 Å². The maximum Gasteiger partial charge on any atom is 0.261 e. The fourth-order valence-electron chi connectivity index (χ4n) is 5.15. The van der Waals surface area contributed by atoms with Crippen molar-refractivity contribution in [1.82, 2.24) is 14.5 Å². The highest BCUT2D eigenvalue weighted by molar-refractivity contribution is 7.89. The zero-order valence-corrected chi connectivity index (χ0v) is 26.8. The largest absolute Gasteiger partial charge is 0.484 e. The molecule has 2 amide bonds. The molecule has 0 aliphatic carbocycles. The fraction of sp³-hybridized carbons (Fsp3) is 0.257. The summed E-state index contributed by atoms with van der Waals surface area (Å²) in [5.41, 5.74) is 2.51. The molecule has 1 N–H and O–H groups in total. The van der Waals surface area contributed by atoms with Crippen LogP contribution >= 0.6 is 11.6 Å². The van der Waals surface area contributed by atoms with Crippen molar-refractivity contribution in [3.63, 3.8) is 0 Å². The molecule has 1 aliphatic heterocycles. The summed E-state index contributed by atoms with van der Waals surface area (Å²) in [5, 5.41) is 3.51. The highest BCUT2D eigenvalue weighted by Gasteiger charge is 2.31. The van der Waals surface area contributed by atoms with Gasteiger partial charge in [-0.1, -0.05) is 90.5 Å². The minimum atomic E-state index is -3.67. The van der Waals surface area contributed by atoms with Crippen LogP contribution in [-0.4, -0.2) is 68.4 Å². The highest BCUT2D eigenvalue weighted by Crippen LogP contribution is 2.22. The summed E-state index contributed by atoms with van der Waals surface area (Å²) in [6, 6.07) is 31.4. The van der Waals surface area contributed by atoms with Gasteiger partial charge in [-0.15, -0.1) is 0 Å². The van der Waals surface area contributed by atoms with Gasteiger partial charge in [0, 0.05) is 37.6 Å². The number of carbonyl (C=O) groups excluding carboxylic acids is 2. The quantitative estimate of drug-likeness (QED) is 0.223. The number of sulfonamides is 1. The Bertz CT molecular complexity index is 1700. The molecule has 46 heavy (non-hydrogen) atoms. The second-order valence-corrected chi connectivity index (χ2v) is 13.1. The number of ether oxygens (including phenoxy) is 2. The van der Waals surface area contributed by atoms with Gasteiger partial charge in [0.05, 0.1) is 18.1 Å². The number of benzene rings is 4. The third kappa shape index (κ3) is 8.73. The molecule has 0 aromatic heterocycles. The van der Waals surface area contributed by atoms with Gasteiger partial charge < -0.3 is 19.7 Å². The Morgan fingerprint density at radius 2 is 1.46 bits per heavy atom. The minimum absolute atomic E-state index is 0.136. The van der Waals surface area contributed by atoms with Crippen LogP contribution in [0.1, 0.15) is 16.7 Å². The summed E-state index contributed by atoms with van der Waals surface area (Å²) in [4.78, 5) is 29.4. The molecule has 9 nitrogen and oxygen atoms in total. The molecule has 1 aliphatic rings. The van der Waals surface area contributed by atoms with Crippen molar-refractivity contribution in [1.29, 1.82) is 0 Å². The molecular formula is C35H36ClN3O6S. The number of carbonyl (C=O) groups is 2. The lowest BCUT2D eigenvalue weighted by atomic mass is 10.0.